The first-order valence-corrected chi connectivity index (χ1v) is 7.35. The molecule has 1 N–H and O–H groups in total. The molecule has 1 aromatic heterocycles. The largest absolute Gasteiger partial charge is 0.383 e. The smallest absolute Gasteiger partial charge is 0.240 e. The highest BCUT2D eigenvalue weighted by Gasteiger charge is 2.15. The lowest BCUT2D eigenvalue weighted by molar-refractivity contribution is 0.204. The Bertz CT molecular complexity index is 669. The van der Waals surface area contributed by atoms with Gasteiger partial charge in [-0.25, -0.2) is 17.8 Å². The number of benzene rings is 1. The number of hydrogen-bond donors (Lipinski definition) is 1. The van der Waals surface area contributed by atoms with Crippen LogP contribution in [0.25, 0.3) is 5.69 Å². The molecule has 1 aromatic carbocycles. The van der Waals surface area contributed by atoms with Gasteiger partial charge in [0.05, 0.1) is 17.2 Å². The highest BCUT2D eigenvalue weighted by molar-refractivity contribution is 7.89. The molecule has 0 bridgehead atoms. The minimum absolute atomic E-state index is 0.197. The van der Waals surface area contributed by atoms with E-state index >= 15 is 0 Å². The summed E-state index contributed by atoms with van der Waals surface area (Å²) in [6.07, 6.45) is 1.45. The Morgan fingerprint density at radius 2 is 2.20 bits per heavy atom. The Hall–Kier alpha value is -1.84. The van der Waals surface area contributed by atoms with Gasteiger partial charge >= 0.3 is 0 Å². The monoisotopic (exact) mass is 297 g/mol. The third kappa shape index (κ3) is 3.18. The standard InChI is InChI=1S/C11H15N5O3S/c1-9-7-10(20(17,18)13-5-6-19-2)3-4-11(9)16-8-12-14-15-16/h3-4,7-8,13H,5-6H2,1-2H3. The minimum atomic E-state index is -3.53. The van der Waals surface area contributed by atoms with E-state index in [2.05, 4.69) is 20.2 Å². The number of nitrogens with zero attached hydrogens (tertiary/aromatic N) is 4. The van der Waals surface area contributed by atoms with Crippen LogP contribution in [0.2, 0.25) is 0 Å². The summed E-state index contributed by atoms with van der Waals surface area (Å²) in [5.74, 6) is 0. The predicted octanol–water partition coefficient (Wildman–Crippen LogP) is -0.105. The highest BCUT2D eigenvalue weighted by atomic mass is 32.2. The molecule has 0 aliphatic rings. The average molecular weight is 297 g/mol. The Morgan fingerprint density at radius 1 is 1.40 bits per heavy atom. The second-order valence-electron chi connectivity index (χ2n) is 4.09. The molecule has 2 rings (SSSR count). The summed E-state index contributed by atoms with van der Waals surface area (Å²) in [5.41, 5.74) is 1.48. The number of aryl methyl sites for hydroxylation is 1. The van der Waals surface area contributed by atoms with E-state index < -0.39 is 10.0 Å². The maximum absolute atomic E-state index is 12.0. The lowest BCUT2D eigenvalue weighted by atomic mass is 10.2. The van der Waals surface area contributed by atoms with Crippen LogP contribution in [0.15, 0.2) is 29.4 Å². The van der Waals surface area contributed by atoms with Crippen LogP contribution in [0.1, 0.15) is 5.56 Å². The summed E-state index contributed by atoms with van der Waals surface area (Å²) in [4.78, 5) is 0.197. The fraction of sp³-hybridized carbons (Fsp3) is 0.364. The van der Waals surface area contributed by atoms with Crippen LogP contribution in [0.4, 0.5) is 0 Å². The molecule has 1 heterocycles. The second-order valence-corrected chi connectivity index (χ2v) is 5.86. The lowest BCUT2D eigenvalue weighted by Gasteiger charge is -2.09. The fourth-order valence-corrected chi connectivity index (χ4v) is 2.78. The van der Waals surface area contributed by atoms with Crippen LogP contribution in [0.5, 0.6) is 0 Å². The van der Waals surface area contributed by atoms with E-state index in [1.54, 1.807) is 19.1 Å². The molecule has 0 fully saturated rings. The summed E-state index contributed by atoms with van der Waals surface area (Å²) in [7, 11) is -2.02. The number of hydrogen-bond acceptors (Lipinski definition) is 6. The predicted molar refractivity (Wildman–Crippen MR) is 71.0 cm³/mol. The number of rotatable bonds is 6. The molecule has 2 aromatic rings. The summed E-state index contributed by atoms with van der Waals surface area (Å²) in [6, 6.07) is 4.75. The first-order chi connectivity index (χ1) is 9.54. The number of methoxy groups -OCH3 is 1. The van der Waals surface area contributed by atoms with Crippen molar-refractivity contribution < 1.29 is 13.2 Å². The van der Waals surface area contributed by atoms with Crippen molar-refractivity contribution in [3.8, 4) is 5.69 Å². The zero-order valence-corrected chi connectivity index (χ0v) is 12.0. The van der Waals surface area contributed by atoms with Gasteiger partial charge < -0.3 is 4.74 Å². The Kier molecular flexibility index (Phi) is 4.42. The zero-order chi connectivity index (χ0) is 14.6. The molecular weight excluding hydrogens is 282 g/mol. The first kappa shape index (κ1) is 14.6. The molecule has 8 nitrogen and oxygen atoms in total. The Morgan fingerprint density at radius 3 is 2.80 bits per heavy atom. The molecule has 20 heavy (non-hydrogen) atoms. The van der Waals surface area contributed by atoms with Gasteiger partial charge in [0.15, 0.2) is 0 Å². The van der Waals surface area contributed by atoms with Gasteiger partial charge in [-0.1, -0.05) is 0 Å². The third-order valence-electron chi connectivity index (χ3n) is 2.67. The zero-order valence-electron chi connectivity index (χ0n) is 11.1. The van der Waals surface area contributed by atoms with E-state index in [0.717, 1.165) is 11.3 Å². The molecule has 108 valence electrons. The van der Waals surface area contributed by atoms with Crippen molar-refractivity contribution in [3.05, 3.63) is 30.1 Å². The van der Waals surface area contributed by atoms with Crippen molar-refractivity contribution in [1.82, 2.24) is 24.9 Å². The maximum Gasteiger partial charge on any atom is 0.240 e. The molecule has 0 atom stereocenters. The number of tetrazole rings is 1. The molecular formula is C11H15N5O3S. The molecule has 0 aliphatic carbocycles. The summed E-state index contributed by atoms with van der Waals surface area (Å²) < 4.78 is 32.8. The molecule has 0 amide bonds. The van der Waals surface area contributed by atoms with Gasteiger partial charge in [-0.2, -0.15) is 0 Å². The summed E-state index contributed by atoms with van der Waals surface area (Å²) >= 11 is 0. The van der Waals surface area contributed by atoms with Crippen LogP contribution in [-0.2, 0) is 14.8 Å². The van der Waals surface area contributed by atoms with Crippen LogP contribution in [0.3, 0.4) is 0 Å². The fourth-order valence-electron chi connectivity index (χ4n) is 1.69. The molecule has 9 heteroatoms. The van der Waals surface area contributed by atoms with Crippen LogP contribution in [-0.4, -0.2) is 48.9 Å². The molecule has 0 aliphatic heterocycles. The van der Waals surface area contributed by atoms with Crippen molar-refractivity contribution in [2.45, 2.75) is 11.8 Å². The Labute approximate surface area is 116 Å². The topological polar surface area (TPSA) is 99.0 Å². The van der Waals surface area contributed by atoms with Crippen molar-refractivity contribution in [2.75, 3.05) is 20.3 Å². The normalized spacial score (nSPS) is 11.7. The quantitative estimate of drug-likeness (QED) is 0.747. The van der Waals surface area contributed by atoms with Gasteiger partial charge in [-0.3, -0.25) is 0 Å². The van der Waals surface area contributed by atoms with Gasteiger partial charge in [0.2, 0.25) is 10.0 Å². The summed E-state index contributed by atoms with van der Waals surface area (Å²) in [6.45, 7) is 2.35. The van der Waals surface area contributed by atoms with Gasteiger partial charge in [0, 0.05) is 13.7 Å². The van der Waals surface area contributed by atoms with Crippen molar-refractivity contribution in [1.29, 1.82) is 0 Å². The van der Waals surface area contributed by atoms with Gasteiger partial charge in [-0.15, -0.1) is 5.10 Å². The molecule has 0 saturated carbocycles. The molecule has 0 saturated heterocycles. The van der Waals surface area contributed by atoms with E-state index in [1.165, 1.54) is 24.2 Å². The van der Waals surface area contributed by atoms with Gasteiger partial charge in [0.25, 0.3) is 0 Å². The van der Waals surface area contributed by atoms with Crippen molar-refractivity contribution >= 4 is 10.0 Å². The lowest BCUT2D eigenvalue weighted by Crippen LogP contribution is -2.27. The highest BCUT2D eigenvalue weighted by Crippen LogP contribution is 2.17. The van der Waals surface area contributed by atoms with Gasteiger partial charge in [0.1, 0.15) is 6.33 Å². The molecule has 0 spiro atoms. The van der Waals surface area contributed by atoms with E-state index in [0.29, 0.717) is 6.61 Å². The van der Waals surface area contributed by atoms with E-state index in [4.69, 9.17) is 4.74 Å². The van der Waals surface area contributed by atoms with E-state index in [9.17, 15) is 8.42 Å². The number of nitrogens with one attached hydrogen (secondary N) is 1. The molecule has 0 radical (unpaired) electrons. The van der Waals surface area contributed by atoms with Crippen LogP contribution < -0.4 is 4.72 Å². The van der Waals surface area contributed by atoms with Crippen molar-refractivity contribution in [2.24, 2.45) is 0 Å². The number of aromatic nitrogens is 4. The van der Waals surface area contributed by atoms with Crippen LogP contribution in [0, 0.1) is 6.92 Å². The first-order valence-electron chi connectivity index (χ1n) is 5.87. The van der Waals surface area contributed by atoms with Gasteiger partial charge in [-0.05, 0) is 41.1 Å². The second kappa shape index (κ2) is 6.07. The number of ether oxygens (including phenoxy) is 1. The minimum Gasteiger partial charge on any atom is -0.383 e. The maximum atomic E-state index is 12.0. The third-order valence-corrected chi connectivity index (χ3v) is 4.13. The SMILES string of the molecule is COCCNS(=O)(=O)c1ccc(-n2cnnn2)c(C)c1. The van der Waals surface area contributed by atoms with E-state index in [1.807, 2.05) is 0 Å². The molecule has 0 unspecified atom stereocenters. The summed E-state index contributed by atoms with van der Waals surface area (Å²) in [5, 5.41) is 10.9. The van der Waals surface area contributed by atoms with Crippen molar-refractivity contribution in [3.63, 3.8) is 0 Å². The number of sulfonamides is 1. The van der Waals surface area contributed by atoms with Crippen LogP contribution >= 0.6 is 0 Å². The van der Waals surface area contributed by atoms with E-state index in [-0.39, 0.29) is 11.4 Å². The average Bonchev–Trinajstić information content (AvgIpc) is 2.92. The Balaban J connectivity index is 2.25.